The second kappa shape index (κ2) is 6.52. The van der Waals surface area contributed by atoms with E-state index in [1.165, 1.54) is 25.7 Å². The van der Waals surface area contributed by atoms with Gasteiger partial charge in [-0.05, 0) is 37.9 Å². The molecular weight excluding hydrogens is 240 g/mol. The SMILES string of the molecule is CC1CCCCCN1Cc1cccnc1C(N)=NO. The van der Waals surface area contributed by atoms with Gasteiger partial charge in [0.15, 0.2) is 5.84 Å². The molecule has 0 aromatic carbocycles. The quantitative estimate of drug-likeness (QED) is 0.378. The number of amidine groups is 1. The maximum atomic E-state index is 8.82. The van der Waals surface area contributed by atoms with Crippen LogP contribution in [0, 0.1) is 0 Å². The Hall–Kier alpha value is -1.62. The van der Waals surface area contributed by atoms with Crippen molar-refractivity contribution in [3.63, 3.8) is 0 Å². The fourth-order valence-electron chi connectivity index (χ4n) is 2.63. The number of oxime groups is 1. The molecule has 19 heavy (non-hydrogen) atoms. The summed E-state index contributed by atoms with van der Waals surface area (Å²) in [7, 11) is 0. The fraction of sp³-hybridized carbons (Fsp3) is 0.571. The van der Waals surface area contributed by atoms with Gasteiger partial charge in [0.2, 0.25) is 0 Å². The Morgan fingerprint density at radius 2 is 2.37 bits per heavy atom. The molecule has 0 bridgehead atoms. The van der Waals surface area contributed by atoms with Crippen LogP contribution in [0.1, 0.15) is 43.9 Å². The number of likely N-dealkylation sites (tertiary alicyclic amines) is 1. The fourth-order valence-corrected chi connectivity index (χ4v) is 2.63. The first-order valence-electron chi connectivity index (χ1n) is 6.88. The van der Waals surface area contributed by atoms with Crippen LogP contribution in [0.25, 0.3) is 0 Å². The highest BCUT2D eigenvalue weighted by Gasteiger charge is 2.19. The Morgan fingerprint density at radius 1 is 1.53 bits per heavy atom. The highest BCUT2D eigenvalue weighted by atomic mass is 16.4. The summed E-state index contributed by atoms with van der Waals surface area (Å²) < 4.78 is 0. The van der Waals surface area contributed by atoms with Gasteiger partial charge >= 0.3 is 0 Å². The van der Waals surface area contributed by atoms with Crippen LogP contribution >= 0.6 is 0 Å². The van der Waals surface area contributed by atoms with Crippen molar-refractivity contribution in [2.45, 2.75) is 45.2 Å². The molecule has 1 aromatic heterocycles. The van der Waals surface area contributed by atoms with Crippen LogP contribution in [0.4, 0.5) is 0 Å². The van der Waals surface area contributed by atoms with Crippen molar-refractivity contribution in [3.05, 3.63) is 29.6 Å². The molecule has 1 fully saturated rings. The highest BCUT2D eigenvalue weighted by molar-refractivity contribution is 5.96. The van der Waals surface area contributed by atoms with E-state index >= 15 is 0 Å². The maximum absolute atomic E-state index is 8.82. The molecule has 1 aromatic rings. The maximum Gasteiger partial charge on any atom is 0.189 e. The number of pyridine rings is 1. The second-order valence-electron chi connectivity index (χ2n) is 5.17. The Balaban J connectivity index is 2.18. The van der Waals surface area contributed by atoms with Crippen LogP contribution in [0.3, 0.4) is 0 Å². The number of rotatable bonds is 3. The number of aromatic nitrogens is 1. The lowest BCUT2D eigenvalue weighted by atomic mass is 10.1. The van der Waals surface area contributed by atoms with Gasteiger partial charge in [0.25, 0.3) is 0 Å². The molecule has 5 heteroatoms. The molecule has 0 saturated carbocycles. The molecule has 1 aliphatic heterocycles. The predicted octanol–water partition coefficient (Wildman–Crippen LogP) is 1.94. The van der Waals surface area contributed by atoms with Crippen molar-refractivity contribution in [2.75, 3.05) is 6.54 Å². The predicted molar refractivity (Wildman–Crippen MR) is 75.1 cm³/mol. The summed E-state index contributed by atoms with van der Waals surface area (Å²) in [6.45, 7) is 4.18. The number of hydrogen-bond acceptors (Lipinski definition) is 4. The van der Waals surface area contributed by atoms with E-state index in [1.54, 1.807) is 6.20 Å². The molecule has 5 nitrogen and oxygen atoms in total. The third kappa shape index (κ3) is 3.44. The molecule has 0 spiro atoms. The van der Waals surface area contributed by atoms with Gasteiger partial charge in [-0.15, -0.1) is 0 Å². The van der Waals surface area contributed by atoms with Crippen molar-refractivity contribution < 1.29 is 5.21 Å². The normalized spacial score (nSPS) is 22.2. The van der Waals surface area contributed by atoms with E-state index in [4.69, 9.17) is 10.9 Å². The van der Waals surface area contributed by atoms with E-state index in [-0.39, 0.29) is 5.84 Å². The van der Waals surface area contributed by atoms with E-state index < -0.39 is 0 Å². The lowest BCUT2D eigenvalue weighted by molar-refractivity contribution is 0.204. The second-order valence-corrected chi connectivity index (χ2v) is 5.17. The number of hydrogen-bond donors (Lipinski definition) is 2. The summed E-state index contributed by atoms with van der Waals surface area (Å²) in [6.07, 6.45) is 6.75. The summed E-state index contributed by atoms with van der Waals surface area (Å²) >= 11 is 0. The summed E-state index contributed by atoms with van der Waals surface area (Å²) in [4.78, 5) is 6.68. The van der Waals surface area contributed by atoms with Crippen LogP contribution in [0.15, 0.2) is 23.5 Å². The number of nitrogens with two attached hydrogens (primary N) is 1. The average molecular weight is 262 g/mol. The molecule has 2 heterocycles. The molecular formula is C14H22N4O. The lowest BCUT2D eigenvalue weighted by Gasteiger charge is -2.27. The summed E-state index contributed by atoms with van der Waals surface area (Å²) in [5.74, 6) is 0.0816. The summed E-state index contributed by atoms with van der Waals surface area (Å²) in [5.41, 5.74) is 7.29. The first-order valence-corrected chi connectivity index (χ1v) is 6.88. The molecule has 0 aliphatic carbocycles. The molecule has 3 N–H and O–H groups in total. The van der Waals surface area contributed by atoms with E-state index in [0.29, 0.717) is 11.7 Å². The Morgan fingerprint density at radius 3 is 3.16 bits per heavy atom. The van der Waals surface area contributed by atoms with Gasteiger partial charge in [0, 0.05) is 18.8 Å². The van der Waals surface area contributed by atoms with Gasteiger partial charge in [0.1, 0.15) is 5.69 Å². The van der Waals surface area contributed by atoms with Crippen LogP contribution in [-0.4, -0.2) is 33.5 Å². The first-order chi connectivity index (χ1) is 9.22. The van der Waals surface area contributed by atoms with Gasteiger partial charge in [-0.25, -0.2) is 0 Å². The van der Waals surface area contributed by atoms with Crippen LogP contribution in [0.5, 0.6) is 0 Å². The minimum absolute atomic E-state index is 0.0816. The van der Waals surface area contributed by atoms with Crippen molar-refractivity contribution in [2.24, 2.45) is 10.9 Å². The van der Waals surface area contributed by atoms with E-state index in [9.17, 15) is 0 Å². The molecule has 1 saturated heterocycles. The van der Waals surface area contributed by atoms with Gasteiger partial charge in [-0.2, -0.15) is 0 Å². The monoisotopic (exact) mass is 262 g/mol. The van der Waals surface area contributed by atoms with E-state index in [0.717, 1.165) is 18.7 Å². The third-order valence-corrected chi connectivity index (χ3v) is 3.81. The van der Waals surface area contributed by atoms with Gasteiger partial charge in [-0.3, -0.25) is 9.88 Å². The van der Waals surface area contributed by atoms with Gasteiger partial charge in [-0.1, -0.05) is 24.1 Å². The molecule has 1 atom stereocenters. The first kappa shape index (κ1) is 13.8. The molecule has 104 valence electrons. The largest absolute Gasteiger partial charge is 0.409 e. The molecule has 1 aliphatic rings. The van der Waals surface area contributed by atoms with Crippen molar-refractivity contribution in [1.82, 2.24) is 9.88 Å². The average Bonchev–Trinajstić information content (AvgIpc) is 2.64. The molecule has 0 amide bonds. The lowest BCUT2D eigenvalue weighted by Crippen LogP contribution is -2.33. The molecule has 2 rings (SSSR count). The zero-order valence-corrected chi connectivity index (χ0v) is 11.4. The smallest absolute Gasteiger partial charge is 0.189 e. The van der Waals surface area contributed by atoms with Crippen LogP contribution in [-0.2, 0) is 6.54 Å². The summed E-state index contributed by atoms with van der Waals surface area (Å²) in [6, 6.07) is 4.46. The Bertz CT molecular complexity index is 447. The highest BCUT2D eigenvalue weighted by Crippen LogP contribution is 2.19. The van der Waals surface area contributed by atoms with Crippen molar-refractivity contribution >= 4 is 5.84 Å². The Labute approximate surface area is 114 Å². The van der Waals surface area contributed by atoms with E-state index in [2.05, 4.69) is 22.0 Å². The van der Waals surface area contributed by atoms with Gasteiger partial charge < -0.3 is 10.9 Å². The topological polar surface area (TPSA) is 74.7 Å². The third-order valence-electron chi connectivity index (χ3n) is 3.81. The summed E-state index contributed by atoms with van der Waals surface area (Å²) in [5, 5.41) is 11.9. The molecule has 0 radical (unpaired) electrons. The number of nitrogens with zero attached hydrogens (tertiary/aromatic N) is 3. The standard InChI is InChI=1S/C14H22N4O/c1-11-6-3-2-4-9-18(11)10-12-7-5-8-16-13(12)14(15)17-19/h5,7-8,11,19H,2-4,6,9-10H2,1H3,(H2,15,17). The van der Waals surface area contributed by atoms with Crippen molar-refractivity contribution in [1.29, 1.82) is 0 Å². The molecule has 1 unspecified atom stereocenters. The zero-order chi connectivity index (χ0) is 13.7. The van der Waals surface area contributed by atoms with Gasteiger partial charge in [0.05, 0.1) is 0 Å². The van der Waals surface area contributed by atoms with E-state index in [1.807, 2.05) is 12.1 Å². The van der Waals surface area contributed by atoms with Crippen molar-refractivity contribution in [3.8, 4) is 0 Å². The minimum atomic E-state index is 0.0816. The minimum Gasteiger partial charge on any atom is -0.409 e. The van der Waals surface area contributed by atoms with Crippen LogP contribution < -0.4 is 5.73 Å². The zero-order valence-electron chi connectivity index (χ0n) is 11.4. The van der Waals surface area contributed by atoms with Crippen LogP contribution in [0.2, 0.25) is 0 Å². The Kier molecular flexibility index (Phi) is 4.74.